The lowest BCUT2D eigenvalue weighted by Crippen LogP contribution is -2.43. The second-order valence-corrected chi connectivity index (χ2v) is 6.26. The van der Waals surface area contributed by atoms with Gasteiger partial charge in [0.2, 0.25) is 5.91 Å². The molecule has 1 aromatic heterocycles. The fourth-order valence-corrected chi connectivity index (χ4v) is 3.16. The van der Waals surface area contributed by atoms with Crippen LogP contribution < -0.4 is 20.1 Å². The Balaban J connectivity index is 1.52. The van der Waals surface area contributed by atoms with Crippen LogP contribution in [0.4, 0.5) is 5.82 Å². The molecule has 0 radical (unpaired) electrons. The number of rotatable bonds is 3. The Bertz CT molecular complexity index is 772. The Morgan fingerprint density at radius 3 is 2.84 bits per heavy atom. The highest BCUT2D eigenvalue weighted by Crippen LogP contribution is 2.34. The van der Waals surface area contributed by atoms with Crippen molar-refractivity contribution in [3.63, 3.8) is 0 Å². The van der Waals surface area contributed by atoms with E-state index in [0.717, 1.165) is 48.6 Å². The molecule has 2 aliphatic rings. The van der Waals surface area contributed by atoms with Crippen molar-refractivity contribution < 1.29 is 14.3 Å². The predicted octanol–water partition coefficient (Wildman–Crippen LogP) is 2.60. The molecule has 0 unspecified atom stereocenters. The average Bonchev–Trinajstić information content (AvgIpc) is 2.68. The highest BCUT2D eigenvalue weighted by Gasteiger charge is 2.21. The van der Waals surface area contributed by atoms with Gasteiger partial charge in [-0.2, -0.15) is 0 Å². The maximum atomic E-state index is 12.4. The summed E-state index contributed by atoms with van der Waals surface area (Å²) in [6.07, 6.45) is 3.07. The second kappa shape index (κ2) is 7.11. The van der Waals surface area contributed by atoms with Crippen LogP contribution in [0.2, 0.25) is 0 Å². The van der Waals surface area contributed by atoms with Gasteiger partial charge in [0.05, 0.1) is 11.7 Å². The van der Waals surface area contributed by atoms with E-state index >= 15 is 0 Å². The fourth-order valence-electron chi connectivity index (χ4n) is 3.16. The largest absolute Gasteiger partial charge is 0.486 e. The fraction of sp³-hybridized carbons (Fsp3) is 0.368. The van der Waals surface area contributed by atoms with E-state index in [0.29, 0.717) is 19.0 Å². The molecule has 0 aliphatic carbocycles. The quantitative estimate of drug-likeness (QED) is 0.899. The summed E-state index contributed by atoms with van der Waals surface area (Å²) in [5.74, 6) is 2.02. The van der Waals surface area contributed by atoms with Crippen LogP contribution in [0, 0.1) is 0 Å². The van der Waals surface area contributed by atoms with Crippen LogP contribution in [0.1, 0.15) is 19.3 Å². The molecular weight excluding hydrogens is 318 g/mol. The summed E-state index contributed by atoms with van der Waals surface area (Å²) in [6, 6.07) is 11.2. The maximum Gasteiger partial charge on any atom is 0.242 e. The van der Waals surface area contributed by atoms with Gasteiger partial charge in [-0.15, -0.1) is 0 Å². The molecule has 1 saturated heterocycles. The topological polar surface area (TPSA) is 72.5 Å². The van der Waals surface area contributed by atoms with Crippen molar-refractivity contribution in [3.05, 3.63) is 36.4 Å². The molecule has 2 aromatic rings. The number of nitrogens with one attached hydrogen (secondary N) is 2. The second-order valence-electron chi connectivity index (χ2n) is 6.26. The minimum absolute atomic E-state index is 0.0217. The first-order valence-electron chi connectivity index (χ1n) is 8.71. The normalized spacial score (nSPS) is 19.3. The first-order valence-corrected chi connectivity index (χ1v) is 8.71. The van der Waals surface area contributed by atoms with Crippen LogP contribution in [-0.2, 0) is 4.79 Å². The van der Waals surface area contributed by atoms with Gasteiger partial charge in [-0.3, -0.25) is 4.79 Å². The molecule has 0 spiro atoms. The molecule has 1 aromatic carbocycles. The summed E-state index contributed by atoms with van der Waals surface area (Å²) in [5, 5.41) is 6.16. The third-order valence-corrected chi connectivity index (χ3v) is 4.47. The van der Waals surface area contributed by atoms with Crippen molar-refractivity contribution in [3.8, 4) is 22.8 Å². The molecule has 6 nitrogen and oxygen atoms in total. The van der Waals surface area contributed by atoms with E-state index in [-0.39, 0.29) is 11.9 Å². The number of hydrogen-bond acceptors (Lipinski definition) is 5. The van der Waals surface area contributed by atoms with Gasteiger partial charge in [0.1, 0.15) is 19.0 Å². The van der Waals surface area contributed by atoms with Gasteiger partial charge in [0.15, 0.2) is 11.5 Å². The zero-order valence-electron chi connectivity index (χ0n) is 14.0. The number of ether oxygens (including phenoxy) is 2. The third kappa shape index (κ3) is 3.58. The van der Waals surface area contributed by atoms with Crippen LogP contribution in [0.25, 0.3) is 11.3 Å². The highest BCUT2D eigenvalue weighted by molar-refractivity contribution is 5.94. The molecule has 0 saturated carbocycles. The van der Waals surface area contributed by atoms with Gasteiger partial charge in [0, 0.05) is 5.56 Å². The molecule has 0 bridgehead atoms. The van der Waals surface area contributed by atoms with E-state index in [9.17, 15) is 4.79 Å². The summed E-state index contributed by atoms with van der Waals surface area (Å²) < 4.78 is 11.2. The standard InChI is InChI=1S/C19H21N3O3/c23-19(15-4-1-2-9-20-15)22-18-6-3-5-14(21-18)13-7-8-16-17(12-13)25-11-10-24-16/h3,5-8,12,15,20H,1-2,4,9-11H2,(H,21,22,23)/t15-/m1/s1. The summed E-state index contributed by atoms with van der Waals surface area (Å²) in [6.45, 7) is 2.01. The number of piperidine rings is 1. The Kier molecular flexibility index (Phi) is 4.52. The van der Waals surface area contributed by atoms with Crippen LogP contribution in [0.15, 0.2) is 36.4 Å². The summed E-state index contributed by atoms with van der Waals surface area (Å²) in [4.78, 5) is 16.9. The van der Waals surface area contributed by atoms with Crippen molar-refractivity contribution in [1.29, 1.82) is 0 Å². The Morgan fingerprint density at radius 2 is 2.00 bits per heavy atom. The zero-order chi connectivity index (χ0) is 17.1. The first-order chi connectivity index (χ1) is 12.3. The van der Waals surface area contributed by atoms with Crippen LogP contribution in [0.3, 0.4) is 0 Å². The molecule has 25 heavy (non-hydrogen) atoms. The molecular formula is C19H21N3O3. The number of hydrogen-bond donors (Lipinski definition) is 2. The number of anilines is 1. The molecule has 130 valence electrons. The van der Waals surface area contributed by atoms with Gasteiger partial charge in [-0.05, 0) is 49.7 Å². The van der Waals surface area contributed by atoms with E-state index in [2.05, 4.69) is 15.6 Å². The monoisotopic (exact) mass is 339 g/mol. The Labute approximate surface area is 146 Å². The third-order valence-electron chi connectivity index (χ3n) is 4.47. The Hall–Kier alpha value is -2.60. The number of pyridine rings is 1. The van der Waals surface area contributed by atoms with E-state index in [1.165, 1.54) is 0 Å². The van der Waals surface area contributed by atoms with Crippen LogP contribution in [-0.4, -0.2) is 36.7 Å². The van der Waals surface area contributed by atoms with Crippen molar-refractivity contribution in [2.75, 3.05) is 25.1 Å². The lowest BCUT2D eigenvalue weighted by molar-refractivity contribution is -0.118. The summed E-state index contributed by atoms with van der Waals surface area (Å²) in [5.41, 5.74) is 1.71. The lowest BCUT2D eigenvalue weighted by Gasteiger charge is -2.22. The number of nitrogens with zero attached hydrogens (tertiary/aromatic N) is 1. The van der Waals surface area contributed by atoms with Crippen molar-refractivity contribution in [2.24, 2.45) is 0 Å². The van der Waals surface area contributed by atoms with Crippen molar-refractivity contribution >= 4 is 11.7 Å². The van der Waals surface area contributed by atoms with E-state index in [1.807, 2.05) is 36.4 Å². The van der Waals surface area contributed by atoms with Gasteiger partial charge < -0.3 is 20.1 Å². The SMILES string of the molecule is O=C(Nc1cccc(-c2ccc3c(c2)OCCO3)n1)[C@H]1CCCCN1. The van der Waals surface area contributed by atoms with Gasteiger partial charge >= 0.3 is 0 Å². The number of carbonyl (C=O) groups is 1. The molecule has 4 rings (SSSR count). The number of amides is 1. The van der Waals surface area contributed by atoms with Crippen LogP contribution in [0.5, 0.6) is 11.5 Å². The van der Waals surface area contributed by atoms with E-state index in [1.54, 1.807) is 0 Å². The number of fused-ring (bicyclic) bond motifs is 1. The molecule has 1 atom stereocenters. The van der Waals surface area contributed by atoms with Crippen molar-refractivity contribution in [2.45, 2.75) is 25.3 Å². The molecule has 1 fully saturated rings. The maximum absolute atomic E-state index is 12.4. The number of carbonyl (C=O) groups excluding carboxylic acids is 1. The predicted molar refractivity (Wildman–Crippen MR) is 94.9 cm³/mol. The average molecular weight is 339 g/mol. The minimum atomic E-state index is -0.131. The van der Waals surface area contributed by atoms with Gasteiger partial charge in [0.25, 0.3) is 0 Å². The number of benzene rings is 1. The zero-order valence-corrected chi connectivity index (χ0v) is 14.0. The smallest absolute Gasteiger partial charge is 0.242 e. The minimum Gasteiger partial charge on any atom is -0.486 e. The van der Waals surface area contributed by atoms with E-state index in [4.69, 9.17) is 9.47 Å². The molecule has 2 aliphatic heterocycles. The highest BCUT2D eigenvalue weighted by atomic mass is 16.6. The molecule has 3 heterocycles. The van der Waals surface area contributed by atoms with E-state index < -0.39 is 0 Å². The summed E-state index contributed by atoms with van der Waals surface area (Å²) in [7, 11) is 0. The first kappa shape index (κ1) is 15.9. The molecule has 2 N–H and O–H groups in total. The molecule has 1 amide bonds. The Morgan fingerprint density at radius 1 is 1.12 bits per heavy atom. The van der Waals surface area contributed by atoms with Crippen molar-refractivity contribution in [1.82, 2.24) is 10.3 Å². The number of aromatic nitrogens is 1. The van der Waals surface area contributed by atoms with Gasteiger partial charge in [-0.25, -0.2) is 4.98 Å². The van der Waals surface area contributed by atoms with Crippen LogP contribution >= 0.6 is 0 Å². The molecule has 6 heteroatoms. The van der Waals surface area contributed by atoms with Gasteiger partial charge in [-0.1, -0.05) is 12.5 Å². The summed E-state index contributed by atoms with van der Waals surface area (Å²) >= 11 is 0. The lowest BCUT2D eigenvalue weighted by atomic mass is 10.0.